The van der Waals surface area contributed by atoms with Gasteiger partial charge in [0, 0.05) is 17.0 Å². The van der Waals surface area contributed by atoms with Crippen LogP contribution in [0.2, 0.25) is 0 Å². The third kappa shape index (κ3) is 3.82. The number of carbonyl (C=O) groups is 1. The van der Waals surface area contributed by atoms with Crippen molar-refractivity contribution in [2.75, 3.05) is 18.7 Å². The van der Waals surface area contributed by atoms with E-state index in [1.54, 1.807) is 11.4 Å². The van der Waals surface area contributed by atoms with Crippen molar-refractivity contribution in [2.24, 2.45) is 0 Å². The van der Waals surface area contributed by atoms with E-state index in [4.69, 9.17) is 14.2 Å². The molecule has 9 heteroatoms. The second-order valence-electron chi connectivity index (χ2n) is 5.52. The largest absolute Gasteiger partial charge is 0.481 e. The van der Waals surface area contributed by atoms with Crippen LogP contribution in [0.4, 0.5) is 13.9 Å². The highest BCUT2D eigenvalue weighted by Crippen LogP contribution is 2.36. The van der Waals surface area contributed by atoms with Crippen LogP contribution in [-0.4, -0.2) is 24.3 Å². The first-order chi connectivity index (χ1) is 13.1. The van der Waals surface area contributed by atoms with Crippen LogP contribution in [-0.2, 0) is 4.79 Å². The van der Waals surface area contributed by atoms with Crippen molar-refractivity contribution in [3.05, 3.63) is 53.4 Å². The summed E-state index contributed by atoms with van der Waals surface area (Å²) in [5.41, 5.74) is 1.49. The quantitative estimate of drug-likeness (QED) is 0.717. The van der Waals surface area contributed by atoms with Gasteiger partial charge in [-0.3, -0.25) is 10.1 Å². The monoisotopic (exact) mass is 390 g/mol. The van der Waals surface area contributed by atoms with Gasteiger partial charge in [-0.25, -0.2) is 13.8 Å². The van der Waals surface area contributed by atoms with E-state index in [2.05, 4.69) is 10.3 Å². The first kappa shape index (κ1) is 17.2. The van der Waals surface area contributed by atoms with E-state index in [1.165, 1.54) is 11.3 Å². The van der Waals surface area contributed by atoms with Gasteiger partial charge in [0.15, 0.2) is 34.8 Å². The number of thiazole rings is 1. The lowest BCUT2D eigenvalue weighted by atomic mass is 10.1. The van der Waals surface area contributed by atoms with Crippen molar-refractivity contribution in [3.63, 3.8) is 0 Å². The molecular weight excluding hydrogens is 378 g/mol. The highest BCUT2D eigenvalue weighted by molar-refractivity contribution is 7.14. The second-order valence-corrected chi connectivity index (χ2v) is 6.38. The van der Waals surface area contributed by atoms with Gasteiger partial charge in [0.1, 0.15) is 5.82 Å². The summed E-state index contributed by atoms with van der Waals surface area (Å²) in [5.74, 6) is -0.990. The molecule has 2 aromatic carbocycles. The lowest BCUT2D eigenvalue weighted by Crippen LogP contribution is -2.20. The van der Waals surface area contributed by atoms with Gasteiger partial charge >= 0.3 is 0 Å². The molecule has 0 saturated carbocycles. The molecule has 1 aliphatic heterocycles. The van der Waals surface area contributed by atoms with E-state index in [-0.39, 0.29) is 12.5 Å². The van der Waals surface area contributed by atoms with Gasteiger partial charge in [-0.1, -0.05) is 0 Å². The fourth-order valence-electron chi connectivity index (χ4n) is 2.41. The Bertz CT molecular complexity index is 1010. The fraction of sp³-hybridized carbons (Fsp3) is 0.111. The molecule has 0 fully saturated rings. The molecule has 1 amide bonds. The number of aromatic nitrogens is 1. The Morgan fingerprint density at radius 3 is 2.89 bits per heavy atom. The topological polar surface area (TPSA) is 69.7 Å². The Morgan fingerprint density at radius 1 is 1.19 bits per heavy atom. The molecule has 0 aliphatic carbocycles. The maximum Gasteiger partial charge on any atom is 0.264 e. The van der Waals surface area contributed by atoms with Crippen LogP contribution >= 0.6 is 11.3 Å². The van der Waals surface area contributed by atoms with Gasteiger partial charge in [-0.05, 0) is 30.3 Å². The maximum absolute atomic E-state index is 13.5. The van der Waals surface area contributed by atoms with Crippen molar-refractivity contribution >= 4 is 22.4 Å². The zero-order chi connectivity index (χ0) is 18.8. The van der Waals surface area contributed by atoms with Crippen LogP contribution in [0.5, 0.6) is 17.2 Å². The SMILES string of the molecule is O=C(COc1ccc(F)cc1F)Nc1nc(-c2ccc3c(c2)OCO3)cs1. The number of halogens is 2. The predicted molar refractivity (Wildman–Crippen MR) is 94.2 cm³/mol. The number of amides is 1. The van der Waals surface area contributed by atoms with E-state index >= 15 is 0 Å². The Labute approximate surface area is 156 Å². The van der Waals surface area contributed by atoms with E-state index in [0.717, 1.165) is 17.7 Å². The third-order valence-corrected chi connectivity index (χ3v) is 4.43. The Kier molecular flexibility index (Phi) is 4.59. The second kappa shape index (κ2) is 7.20. The fourth-order valence-corrected chi connectivity index (χ4v) is 3.15. The van der Waals surface area contributed by atoms with Crippen molar-refractivity contribution in [1.82, 2.24) is 4.98 Å². The molecule has 0 saturated heterocycles. The summed E-state index contributed by atoms with van der Waals surface area (Å²) >= 11 is 1.24. The number of hydrogen-bond donors (Lipinski definition) is 1. The zero-order valence-electron chi connectivity index (χ0n) is 13.7. The van der Waals surface area contributed by atoms with Gasteiger partial charge in [0.25, 0.3) is 5.91 Å². The van der Waals surface area contributed by atoms with Gasteiger partial charge < -0.3 is 14.2 Å². The Hall–Kier alpha value is -3.20. The highest BCUT2D eigenvalue weighted by Gasteiger charge is 2.16. The normalized spacial score (nSPS) is 12.1. The molecule has 0 atom stereocenters. The predicted octanol–water partition coefficient (Wildman–Crippen LogP) is 3.83. The Morgan fingerprint density at radius 2 is 2.04 bits per heavy atom. The number of benzene rings is 2. The number of nitrogens with zero attached hydrogens (tertiary/aromatic N) is 1. The molecule has 0 unspecified atom stereocenters. The van der Waals surface area contributed by atoms with Crippen LogP contribution in [0.1, 0.15) is 0 Å². The summed E-state index contributed by atoms with van der Waals surface area (Å²) in [6.45, 7) is -0.243. The highest BCUT2D eigenvalue weighted by atomic mass is 32.1. The molecule has 0 bridgehead atoms. The molecule has 2 heterocycles. The van der Waals surface area contributed by atoms with E-state index < -0.39 is 24.1 Å². The number of anilines is 1. The minimum absolute atomic E-state index is 0.186. The number of rotatable bonds is 5. The molecule has 0 radical (unpaired) electrons. The first-order valence-corrected chi connectivity index (χ1v) is 8.70. The maximum atomic E-state index is 13.5. The van der Waals surface area contributed by atoms with Gasteiger partial charge in [0.2, 0.25) is 6.79 Å². The third-order valence-electron chi connectivity index (χ3n) is 3.67. The Balaban J connectivity index is 1.38. The summed E-state index contributed by atoms with van der Waals surface area (Å²) in [6, 6.07) is 8.30. The van der Waals surface area contributed by atoms with Crippen LogP contribution in [0.3, 0.4) is 0 Å². The summed E-state index contributed by atoms with van der Waals surface area (Å²) in [7, 11) is 0. The number of hydrogen-bond acceptors (Lipinski definition) is 6. The van der Waals surface area contributed by atoms with Gasteiger partial charge in [-0.15, -0.1) is 11.3 Å². The van der Waals surface area contributed by atoms with Crippen molar-refractivity contribution in [2.45, 2.75) is 0 Å². The molecule has 138 valence electrons. The molecule has 1 N–H and O–H groups in total. The summed E-state index contributed by atoms with van der Waals surface area (Å²) in [6.07, 6.45) is 0. The van der Waals surface area contributed by atoms with Crippen LogP contribution in [0, 0.1) is 11.6 Å². The van der Waals surface area contributed by atoms with Crippen LogP contribution < -0.4 is 19.5 Å². The minimum atomic E-state index is -0.873. The molecular formula is C18H12F2N2O4S. The van der Waals surface area contributed by atoms with Gasteiger partial charge in [-0.2, -0.15) is 0 Å². The zero-order valence-corrected chi connectivity index (χ0v) is 14.5. The standard InChI is InChI=1S/C18H12F2N2O4S/c19-11-2-4-14(12(20)6-11)24-7-17(23)22-18-21-13(8-27-18)10-1-3-15-16(5-10)26-9-25-15/h1-6,8H,7,9H2,(H,21,22,23). The summed E-state index contributed by atoms with van der Waals surface area (Å²) < 4.78 is 42.0. The van der Waals surface area contributed by atoms with E-state index in [0.29, 0.717) is 28.4 Å². The number of fused-ring (bicyclic) bond motifs is 1. The number of nitrogens with one attached hydrogen (secondary N) is 1. The number of ether oxygens (including phenoxy) is 3. The summed E-state index contributed by atoms with van der Waals surface area (Å²) in [5, 5.41) is 4.73. The van der Waals surface area contributed by atoms with Gasteiger partial charge in [0.05, 0.1) is 5.69 Å². The van der Waals surface area contributed by atoms with E-state index in [1.807, 2.05) is 12.1 Å². The average Bonchev–Trinajstić information content (AvgIpc) is 3.29. The first-order valence-electron chi connectivity index (χ1n) is 7.82. The van der Waals surface area contributed by atoms with Crippen molar-refractivity contribution in [1.29, 1.82) is 0 Å². The number of carbonyl (C=O) groups excluding carboxylic acids is 1. The lowest BCUT2D eigenvalue weighted by molar-refractivity contribution is -0.118. The smallest absolute Gasteiger partial charge is 0.264 e. The molecule has 3 aromatic rings. The average molecular weight is 390 g/mol. The van der Waals surface area contributed by atoms with Crippen molar-refractivity contribution < 1.29 is 27.8 Å². The molecule has 4 rings (SSSR count). The molecule has 27 heavy (non-hydrogen) atoms. The molecule has 1 aromatic heterocycles. The molecule has 0 spiro atoms. The van der Waals surface area contributed by atoms with Crippen molar-refractivity contribution in [3.8, 4) is 28.5 Å². The van der Waals surface area contributed by atoms with E-state index in [9.17, 15) is 13.6 Å². The molecule has 1 aliphatic rings. The minimum Gasteiger partial charge on any atom is -0.481 e. The van der Waals surface area contributed by atoms with Crippen LogP contribution in [0.15, 0.2) is 41.8 Å². The molecule has 6 nitrogen and oxygen atoms in total. The summed E-state index contributed by atoms with van der Waals surface area (Å²) in [4.78, 5) is 16.3. The van der Waals surface area contributed by atoms with Crippen LogP contribution in [0.25, 0.3) is 11.3 Å². The lowest BCUT2D eigenvalue weighted by Gasteiger charge is -2.06.